The molecule has 2 N–H and O–H groups in total. The molecule has 118 valence electrons. The lowest BCUT2D eigenvalue weighted by molar-refractivity contribution is -0.131. The Morgan fingerprint density at radius 1 is 1.14 bits per heavy atom. The monoisotopic (exact) mass is 338 g/mol. The van der Waals surface area contributed by atoms with E-state index in [9.17, 15) is 4.79 Å². The van der Waals surface area contributed by atoms with Crippen LogP contribution < -0.4 is 5.73 Å². The van der Waals surface area contributed by atoms with Gasteiger partial charge in [-0.1, -0.05) is 23.2 Å². The third kappa shape index (κ3) is 2.53. The van der Waals surface area contributed by atoms with Crippen LogP contribution in [0.5, 0.6) is 0 Å². The third-order valence-corrected chi connectivity index (χ3v) is 6.08. The van der Waals surface area contributed by atoms with Crippen LogP contribution in [0.1, 0.15) is 30.7 Å². The van der Waals surface area contributed by atoms with Gasteiger partial charge in [0.05, 0.1) is 0 Å². The second-order valence-corrected chi connectivity index (χ2v) is 7.93. The average Bonchev–Trinajstić information content (AvgIpc) is 3.03. The van der Waals surface area contributed by atoms with E-state index in [1.165, 1.54) is 6.42 Å². The van der Waals surface area contributed by atoms with Crippen LogP contribution in [0.25, 0.3) is 0 Å². The zero-order valence-electron chi connectivity index (χ0n) is 12.3. The number of hydrogen-bond donors (Lipinski definition) is 1. The Labute approximate surface area is 140 Å². The normalized spacial score (nSPS) is 36.5. The molecule has 1 aromatic carbocycles. The number of carbonyl (C=O) groups excluding carboxylic acids is 1. The predicted octanol–water partition coefficient (Wildman–Crippen LogP) is 3.29. The summed E-state index contributed by atoms with van der Waals surface area (Å²) in [4.78, 5) is 14.8. The van der Waals surface area contributed by atoms with Gasteiger partial charge in [0.2, 0.25) is 5.91 Å². The molecular formula is C17H20Cl2N2O. The molecule has 0 radical (unpaired) electrons. The Bertz CT molecular complexity index is 600. The molecule has 2 aliphatic carbocycles. The minimum absolute atomic E-state index is 0.101. The molecule has 3 aliphatic rings. The van der Waals surface area contributed by atoms with Crippen molar-refractivity contribution in [2.75, 3.05) is 13.1 Å². The van der Waals surface area contributed by atoms with Crippen molar-refractivity contribution in [2.45, 2.75) is 31.2 Å². The Balaban J connectivity index is 1.43. The summed E-state index contributed by atoms with van der Waals surface area (Å²) < 4.78 is 0. The van der Waals surface area contributed by atoms with E-state index in [1.807, 2.05) is 17.0 Å². The lowest BCUT2D eigenvalue weighted by Gasteiger charge is -2.19. The van der Waals surface area contributed by atoms with Gasteiger partial charge in [-0.3, -0.25) is 4.79 Å². The Hall–Kier alpha value is -0.770. The first kappa shape index (κ1) is 14.8. The van der Waals surface area contributed by atoms with Crippen LogP contribution in [0.2, 0.25) is 10.0 Å². The van der Waals surface area contributed by atoms with Crippen LogP contribution in [0, 0.1) is 17.8 Å². The molecule has 1 aromatic rings. The standard InChI is InChI=1S/C17H20Cl2N2O/c18-11-3-10(4-12(19)5-11)13-6-14(13)17(22)21-7-9-1-2-16(20)15(9)8-21/h3-5,9,13-16H,1-2,6-8,20H2. The highest BCUT2D eigenvalue weighted by molar-refractivity contribution is 6.34. The topological polar surface area (TPSA) is 46.3 Å². The average molecular weight is 339 g/mol. The summed E-state index contributed by atoms with van der Waals surface area (Å²) in [6.45, 7) is 1.75. The molecule has 5 atom stereocenters. The Morgan fingerprint density at radius 3 is 2.55 bits per heavy atom. The summed E-state index contributed by atoms with van der Waals surface area (Å²) in [5.74, 6) is 1.81. The van der Waals surface area contributed by atoms with Crippen LogP contribution in [0.15, 0.2) is 18.2 Å². The van der Waals surface area contributed by atoms with Gasteiger partial charge in [-0.05, 0) is 60.8 Å². The second-order valence-electron chi connectivity index (χ2n) is 7.06. The van der Waals surface area contributed by atoms with Crippen molar-refractivity contribution in [2.24, 2.45) is 23.5 Å². The number of carbonyl (C=O) groups is 1. The number of nitrogens with zero attached hydrogens (tertiary/aromatic N) is 1. The van der Waals surface area contributed by atoms with Crippen molar-refractivity contribution in [3.63, 3.8) is 0 Å². The molecule has 3 nitrogen and oxygen atoms in total. The number of hydrogen-bond acceptors (Lipinski definition) is 2. The lowest BCUT2D eigenvalue weighted by Crippen LogP contribution is -2.34. The maximum Gasteiger partial charge on any atom is 0.226 e. The molecule has 4 rings (SSSR count). The fourth-order valence-electron chi connectivity index (χ4n) is 4.35. The van der Waals surface area contributed by atoms with Crippen LogP contribution >= 0.6 is 23.2 Å². The van der Waals surface area contributed by atoms with Crippen LogP contribution in [-0.2, 0) is 4.79 Å². The first-order valence-electron chi connectivity index (χ1n) is 8.03. The molecule has 1 heterocycles. The Kier molecular flexibility index (Phi) is 3.63. The lowest BCUT2D eigenvalue weighted by atomic mass is 9.98. The van der Waals surface area contributed by atoms with Crippen molar-refractivity contribution >= 4 is 29.1 Å². The van der Waals surface area contributed by atoms with E-state index < -0.39 is 0 Å². The van der Waals surface area contributed by atoms with E-state index in [1.54, 1.807) is 6.07 Å². The zero-order valence-corrected chi connectivity index (χ0v) is 13.9. The molecular weight excluding hydrogens is 319 g/mol. The van der Waals surface area contributed by atoms with Crippen molar-refractivity contribution in [1.29, 1.82) is 0 Å². The van der Waals surface area contributed by atoms with Gasteiger partial charge >= 0.3 is 0 Å². The fourth-order valence-corrected chi connectivity index (χ4v) is 4.89. The molecule has 3 fully saturated rings. The maximum atomic E-state index is 12.7. The number of fused-ring (bicyclic) bond motifs is 1. The third-order valence-electron chi connectivity index (χ3n) is 5.64. The fraction of sp³-hybridized carbons (Fsp3) is 0.588. The van der Waals surface area contributed by atoms with Gasteiger partial charge in [0, 0.05) is 35.1 Å². The van der Waals surface area contributed by atoms with Gasteiger partial charge in [0.1, 0.15) is 0 Å². The van der Waals surface area contributed by atoms with Crippen molar-refractivity contribution < 1.29 is 4.79 Å². The molecule has 1 saturated heterocycles. The number of halogens is 2. The summed E-state index contributed by atoms with van der Waals surface area (Å²) in [5, 5.41) is 1.28. The van der Waals surface area contributed by atoms with Gasteiger partial charge in [0.15, 0.2) is 0 Å². The van der Waals surface area contributed by atoms with Crippen LogP contribution in [0.4, 0.5) is 0 Å². The minimum atomic E-state index is 0.101. The van der Waals surface area contributed by atoms with E-state index in [4.69, 9.17) is 28.9 Å². The van der Waals surface area contributed by atoms with Crippen molar-refractivity contribution in [3.05, 3.63) is 33.8 Å². The first-order chi connectivity index (χ1) is 10.5. The van der Waals surface area contributed by atoms with E-state index in [-0.39, 0.29) is 17.9 Å². The molecule has 0 bridgehead atoms. The molecule has 0 spiro atoms. The van der Waals surface area contributed by atoms with Gasteiger partial charge < -0.3 is 10.6 Å². The number of rotatable bonds is 2. The number of amides is 1. The van der Waals surface area contributed by atoms with Crippen molar-refractivity contribution in [1.82, 2.24) is 4.90 Å². The molecule has 0 aromatic heterocycles. The molecule has 1 aliphatic heterocycles. The zero-order chi connectivity index (χ0) is 15.4. The van der Waals surface area contributed by atoms with Gasteiger partial charge in [-0.15, -0.1) is 0 Å². The van der Waals surface area contributed by atoms with Crippen molar-refractivity contribution in [3.8, 4) is 0 Å². The Morgan fingerprint density at radius 2 is 1.86 bits per heavy atom. The maximum absolute atomic E-state index is 12.7. The highest BCUT2D eigenvalue weighted by Crippen LogP contribution is 2.50. The number of nitrogens with two attached hydrogens (primary N) is 1. The minimum Gasteiger partial charge on any atom is -0.342 e. The quantitative estimate of drug-likeness (QED) is 0.899. The first-order valence-corrected chi connectivity index (χ1v) is 8.79. The van der Waals surface area contributed by atoms with Gasteiger partial charge in [-0.25, -0.2) is 0 Å². The summed E-state index contributed by atoms with van der Waals surface area (Å²) >= 11 is 12.1. The van der Waals surface area contributed by atoms with Gasteiger partial charge in [-0.2, -0.15) is 0 Å². The molecule has 22 heavy (non-hydrogen) atoms. The smallest absolute Gasteiger partial charge is 0.226 e. The van der Waals surface area contributed by atoms with E-state index in [0.717, 1.165) is 31.5 Å². The molecule has 1 amide bonds. The van der Waals surface area contributed by atoms with E-state index in [2.05, 4.69) is 0 Å². The predicted molar refractivity (Wildman–Crippen MR) is 88.1 cm³/mol. The summed E-state index contributed by atoms with van der Waals surface area (Å²) in [7, 11) is 0. The summed E-state index contributed by atoms with van der Waals surface area (Å²) in [6, 6.07) is 5.87. The van der Waals surface area contributed by atoms with Gasteiger partial charge in [0.25, 0.3) is 0 Å². The van der Waals surface area contributed by atoms with Crippen LogP contribution in [0.3, 0.4) is 0 Å². The highest BCUT2D eigenvalue weighted by atomic mass is 35.5. The van der Waals surface area contributed by atoms with E-state index >= 15 is 0 Å². The number of likely N-dealkylation sites (tertiary alicyclic amines) is 1. The summed E-state index contributed by atoms with van der Waals surface area (Å²) in [6.07, 6.45) is 3.20. The second kappa shape index (κ2) is 5.40. The van der Waals surface area contributed by atoms with Crippen LogP contribution in [-0.4, -0.2) is 29.9 Å². The molecule has 5 heteroatoms. The number of benzene rings is 1. The summed E-state index contributed by atoms with van der Waals surface area (Å²) in [5.41, 5.74) is 7.25. The molecule has 2 saturated carbocycles. The molecule has 5 unspecified atom stereocenters. The van der Waals surface area contributed by atoms with E-state index in [0.29, 0.717) is 27.8 Å². The largest absolute Gasteiger partial charge is 0.342 e. The highest BCUT2D eigenvalue weighted by Gasteiger charge is 2.50. The SMILES string of the molecule is NC1CCC2CN(C(=O)C3CC3c3cc(Cl)cc(Cl)c3)CC12.